The summed E-state index contributed by atoms with van der Waals surface area (Å²) in [6.45, 7) is 5.63. The molecule has 0 aliphatic heterocycles. The monoisotopic (exact) mass is 280 g/mol. The fraction of sp³-hybridized carbons (Fsp3) is 0.688. The number of hydrogen-bond acceptors (Lipinski definition) is 2. The summed E-state index contributed by atoms with van der Waals surface area (Å²) < 4.78 is 0. The Kier molecular flexibility index (Phi) is 5.65. The van der Waals surface area contributed by atoms with E-state index in [1.54, 1.807) is 6.20 Å². The summed E-state index contributed by atoms with van der Waals surface area (Å²) in [5, 5.41) is 4.50. The number of nitrogens with one attached hydrogen (secondary N) is 1. The van der Waals surface area contributed by atoms with Crippen molar-refractivity contribution in [3.63, 3.8) is 0 Å². The minimum absolute atomic E-state index is 0.392. The highest BCUT2D eigenvalue weighted by atomic mass is 35.5. The lowest BCUT2D eigenvalue weighted by molar-refractivity contribution is 0.231. The molecule has 1 aromatic rings. The maximum Gasteiger partial charge on any atom is 0.0637 e. The van der Waals surface area contributed by atoms with Crippen molar-refractivity contribution in [2.75, 3.05) is 6.54 Å². The average molecular weight is 281 g/mol. The standard InChI is InChI=1S/C16H25ClN2/c1-3-9-19-16(13-6-4-12(2)5-7-13)14-8-10-18-11-15(14)17/h8,10-13,16,19H,3-7,9H2,1-2H3. The van der Waals surface area contributed by atoms with Gasteiger partial charge in [-0.05, 0) is 49.3 Å². The first kappa shape index (κ1) is 14.8. The van der Waals surface area contributed by atoms with Crippen LogP contribution in [0.2, 0.25) is 5.02 Å². The van der Waals surface area contributed by atoms with Gasteiger partial charge >= 0.3 is 0 Å². The first-order valence-electron chi connectivity index (χ1n) is 7.55. The van der Waals surface area contributed by atoms with Crippen LogP contribution < -0.4 is 5.32 Å². The van der Waals surface area contributed by atoms with E-state index in [1.165, 1.54) is 31.2 Å². The van der Waals surface area contributed by atoms with Gasteiger partial charge in [0.25, 0.3) is 0 Å². The SMILES string of the molecule is CCCNC(c1ccncc1Cl)C1CCC(C)CC1. The van der Waals surface area contributed by atoms with E-state index in [4.69, 9.17) is 11.6 Å². The third-order valence-corrected chi connectivity index (χ3v) is 4.60. The summed E-state index contributed by atoms with van der Waals surface area (Å²) >= 11 is 6.34. The zero-order valence-corrected chi connectivity index (χ0v) is 12.8. The molecule has 1 heterocycles. The molecule has 2 nitrogen and oxygen atoms in total. The van der Waals surface area contributed by atoms with E-state index in [0.717, 1.165) is 23.9 Å². The van der Waals surface area contributed by atoms with E-state index in [9.17, 15) is 0 Å². The Hall–Kier alpha value is -0.600. The van der Waals surface area contributed by atoms with E-state index >= 15 is 0 Å². The number of rotatable bonds is 5. The summed E-state index contributed by atoms with van der Waals surface area (Å²) in [5.74, 6) is 1.60. The second kappa shape index (κ2) is 7.25. The minimum Gasteiger partial charge on any atom is -0.310 e. The first-order chi connectivity index (χ1) is 9.22. The first-order valence-corrected chi connectivity index (χ1v) is 7.93. The van der Waals surface area contributed by atoms with E-state index < -0.39 is 0 Å². The Morgan fingerprint density at radius 3 is 2.74 bits per heavy atom. The van der Waals surface area contributed by atoms with Crippen molar-refractivity contribution in [2.24, 2.45) is 11.8 Å². The molecular formula is C16H25ClN2. The summed E-state index contributed by atoms with van der Waals surface area (Å²) in [5.41, 5.74) is 1.23. The van der Waals surface area contributed by atoms with Crippen LogP contribution in [0.5, 0.6) is 0 Å². The molecule has 2 rings (SSSR count). The van der Waals surface area contributed by atoms with Gasteiger partial charge in [-0.1, -0.05) is 38.3 Å². The molecule has 0 amide bonds. The van der Waals surface area contributed by atoms with Crippen LogP contribution in [0, 0.1) is 11.8 Å². The molecule has 1 saturated carbocycles. The van der Waals surface area contributed by atoms with E-state index in [2.05, 4.69) is 30.2 Å². The van der Waals surface area contributed by atoms with E-state index in [1.807, 2.05) is 6.20 Å². The molecular weight excluding hydrogens is 256 g/mol. The molecule has 1 atom stereocenters. The Balaban J connectivity index is 2.13. The molecule has 0 bridgehead atoms. The molecule has 1 aromatic heterocycles. The number of aromatic nitrogens is 1. The van der Waals surface area contributed by atoms with Crippen LogP contribution in [0.25, 0.3) is 0 Å². The number of pyridine rings is 1. The molecule has 1 unspecified atom stereocenters. The molecule has 0 radical (unpaired) electrons. The summed E-state index contributed by atoms with van der Waals surface area (Å²) in [4.78, 5) is 4.11. The molecule has 1 N–H and O–H groups in total. The summed E-state index contributed by atoms with van der Waals surface area (Å²) in [7, 11) is 0. The van der Waals surface area contributed by atoms with Gasteiger partial charge in [0, 0.05) is 18.4 Å². The number of halogens is 1. The van der Waals surface area contributed by atoms with Gasteiger partial charge in [-0.3, -0.25) is 4.98 Å². The Morgan fingerprint density at radius 2 is 2.11 bits per heavy atom. The smallest absolute Gasteiger partial charge is 0.0637 e. The zero-order valence-electron chi connectivity index (χ0n) is 12.0. The predicted molar refractivity (Wildman–Crippen MR) is 81.4 cm³/mol. The zero-order chi connectivity index (χ0) is 13.7. The van der Waals surface area contributed by atoms with Crippen LogP contribution in [0.1, 0.15) is 57.6 Å². The van der Waals surface area contributed by atoms with Crippen LogP contribution in [0.15, 0.2) is 18.5 Å². The van der Waals surface area contributed by atoms with Gasteiger partial charge in [-0.25, -0.2) is 0 Å². The lowest BCUT2D eigenvalue weighted by atomic mass is 9.77. The highest BCUT2D eigenvalue weighted by molar-refractivity contribution is 6.31. The van der Waals surface area contributed by atoms with Gasteiger partial charge in [-0.2, -0.15) is 0 Å². The van der Waals surface area contributed by atoms with E-state index in [0.29, 0.717) is 12.0 Å². The molecule has 106 valence electrons. The normalized spacial score (nSPS) is 25.2. The molecule has 0 aromatic carbocycles. The van der Waals surface area contributed by atoms with E-state index in [-0.39, 0.29) is 0 Å². The second-order valence-electron chi connectivity index (χ2n) is 5.85. The van der Waals surface area contributed by atoms with Crippen LogP contribution in [-0.4, -0.2) is 11.5 Å². The topological polar surface area (TPSA) is 24.9 Å². The van der Waals surface area contributed by atoms with Crippen molar-refractivity contribution >= 4 is 11.6 Å². The van der Waals surface area contributed by atoms with Gasteiger partial charge in [0.05, 0.1) is 5.02 Å². The Labute approximate surface area is 122 Å². The maximum absolute atomic E-state index is 6.34. The van der Waals surface area contributed by atoms with Crippen LogP contribution in [0.3, 0.4) is 0 Å². The predicted octanol–water partition coefficient (Wildman–Crippen LogP) is 4.60. The molecule has 1 aliphatic rings. The number of nitrogens with zero attached hydrogens (tertiary/aromatic N) is 1. The van der Waals surface area contributed by atoms with Crippen molar-refractivity contribution in [3.05, 3.63) is 29.0 Å². The maximum atomic E-state index is 6.34. The second-order valence-corrected chi connectivity index (χ2v) is 6.26. The third-order valence-electron chi connectivity index (χ3n) is 4.29. The molecule has 1 fully saturated rings. The van der Waals surface area contributed by atoms with Crippen molar-refractivity contribution in [3.8, 4) is 0 Å². The lowest BCUT2D eigenvalue weighted by Crippen LogP contribution is -2.31. The van der Waals surface area contributed by atoms with Crippen LogP contribution >= 0.6 is 11.6 Å². The molecule has 19 heavy (non-hydrogen) atoms. The van der Waals surface area contributed by atoms with Crippen molar-refractivity contribution in [1.29, 1.82) is 0 Å². The largest absolute Gasteiger partial charge is 0.310 e. The Morgan fingerprint density at radius 1 is 1.37 bits per heavy atom. The quantitative estimate of drug-likeness (QED) is 0.852. The average Bonchev–Trinajstić information content (AvgIpc) is 2.43. The van der Waals surface area contributed by atoms with Crippen LogP contribution in [0.4, 0.5) is 0 Å². The van der Waals surface area contributed by atoms with Crippen LogP contribution in [-0.2, 0) is 0 Å². The molecule has 0 spiro atoms. The van der Waals surface area contributed by atoms with Crippen molar-refractivity contribution < 1.29 is 0 Å². The fourth-order valence-electron chi connectivity index (χ4n) is 3.09. The Bertz CT molecular complexity index is 386. The molecule has 0 saturated heterocycles. The fourth-order valence-corrected chi connectivity index (χ4v) is 3.32. The number of hydrogen-bond donors (Lipinski definition) is 1. The van der Waals surface area contributed by atoms with Crippen molar-refractivity contribution in [1.82, 2.24) is 10.3 Å². The van der Waals surface area contributed by atoms with Gasteiger partial charge in [0.2, 0.25) is 0 Å². The van der Waals surface area contributed by atoms with Crippen molar-refractivity contribution in [2.45, 2.75) is 52.0 Å². The van der Waals surface area contributed by atoms with Gasteiger partial charge < -0.3 is 5.32 Å². The highest BCUT2D eigenvalue weighted by Crippen LogP contribution is 2.38. The molecule has 1 aliphatic carbocycles. The van der Waals surface area contributed by atoms with Gasteiger partial charge in [0.15, 0.2) is 0 Å². The van der Waals surface area contributed by atoms with Gasteiger partial charge in [0.1, 0.15) is 0 Å². The summed E-state index contributed by atoms with van der Waals surface area (Å²) in [6, 6.07) is 2.47. The lowest BCUT2D eigenvalue weighted by Gasteiger charge is -2.34. The molecule has 3 heteroatoms. The summed E-state index contributed by atoms with van der Waals surface area (Å²) in [6.07, 6.45) is 10.1. The highest BCUT2D eigenvalue weighted by Gasteiger charge is 2.28. The van der Waals surface area contributed by atoms with Gasteiger partial charge in [-0.15, -0.1) is 0 Å². The minimum atomic E-state index is 0.392. The third kappa shape index (κ3) is 3.93.